The summed E-state index contributed by atoms with van der Waals surface area (Å²) in [5, 5.41) is 9.07. The van der Waals surface area contributed by atoms with E-state index < -0.39 is 17.8 Å². The molecule has 3 N–H and O–H groups in total. The predicted molar refractivity (Wildman–Crippen MR) is 71.2 cm³/mol. The Morgan fingerprint density at radius 2 is 1.90 bits per heavy atom. The number of carbonyl (C=O) groups is 3. The number of benzene rings is 1. The van der Waals surface area contributed by atoms with Crippen molar-refractivity contribution in [1.82, 2.24) is 4.90 Å². The summed E-state index contributed by atoms with van der Waals surface area (Å²) in [6.07, 6.45) is 0. The van der Waals surface area contributed by atoms with Crippen molar-refractivity contribution < 1.29 is 19.5 Å². The molecule has 0 radical (unpaired) electrons. The van der Waals surface area contributed by atoms with E-state index in [9.17, 15) is 14.4 Å². The van der Waals surface area contributed by atoms with E-state index in [1.165, 1.54) is 17.0 Å². The van der Waals surface area contributed by atoms with E-state index in [2.05, 4.69) is 0 Å². The maximum atomic E-state index is 12.3. The molecule has 0 aliphatic carbocycles. The average Bonchev–Trinajstić information content (AvgIpc) is 2.80. The number of hydrogen-bond acceptors (Lipinski definition) is 3. The highest BCUT2D eigenvalue weighted by molar-refractivity contribution is 5.99. The van der Waals surface area contributed by atoms with Gasteiger partial charge in [0.25, 0.3) is 5.91 Å². The Bertz CT molecular complexity index is 570. The van der Waals surface area contributed by atoms with Gasteiger partial charge in [0.2, 0.25) is 5.91 Å². The highest BCUT2D eigenvalue weighted by atomic mass is 16.4. The average molecular weight is 276 g/mol. The van der Waals surface area contributed by atoms with Crippen LogP contribution < -0.4 is 5.73 Å². The standard InChI is InChI=1S/C14H16N2O4/c1-8-6-16(7-11(8)14(19)20)13(18)10-4-2-3-9(5-10)12(15)17/h2-5,8,11H,6-7H2,1H3,(H2,15,17)(H,19,20)/t8-,11-/m1/s1. The molecule has 20 heavy (non-hydrogen) atoms. The Hall–Kier alpha value is -2.37. The summed E-state index contributed by atoms with van der Waals surface area (Å²) >= 11 is 0. The largest absolute Gasteiger partial charge is 0.481 e. The van der Waals surface area contributed by atoms with Crippen LogP contribution in [0.1, 0.15) is 27.6 Å². The fourth-order valence-corrected chi connectivity index (χ4v) is 2.44. The van der Waals surface area contributed by atoms with Crippen LogP contribution in [0.3, 0.4) is 0 Å². The van der Waals surface area contributed by atoms with Crippen LogP contribution in [0.4, 0.5) is 0 Å². The Morgan fingerprint density at radius 3 is 2.45 bits per heavy atom. The second-order valence-corrected chi connectivity index (χ2v) is 5.08. The van der Waals surface area contributed by atoms with Gasteiger partial charge in [-0.1, -0.05) is 13.0 Å². The Balaban J connectivity index is 2.18. The molecule has 6 heteroatoms. The maximum Gasteiger partial charge on any atom is 0.308 e. The van der Waals surface area contributed by atoms with Crippen LogP contribution in [0.2, 0.25) is 0 Å². The van der Waals surface area contributed by atoms with Crippen molar-refractivity contribution in [2.75, 3.05) is 13.1 Å². The highest BCUT2D eigenvalue weighted by Crippen LogP contribution is 2.24. The van der Waals surface area contributed by atoms with Crippen molar-refractivity contribution in [3.8, 4) is 0 Å². The van der Waals surface area contributed by atoms with E-state index in [0.717, 1.165) is 0 Å². The number of rotatable bonds is 3. The van der Waals surface area contributed by atoms with Crippen LogP contribution >= 0.6 is 0 Å². The van der Waals surface area contributed by atoms with Crippen molar-refractivity contribution in [1.29, 1.82) is 0 Å². The molecule has 0 bridgehead atoms. The molecule has 1 aromatic carbocycles. The zero-order valence-corrected chi connectivity index (χ0v) is 11.1. The summed E-state index contributed by atoms with van der Waals surface area (Å²) in [7, 11) is 0. The highest BCUT2D eigenvalue weighted by Gasteiger charge is 2.37. The summed E-state index contributed by atoms with van der Waals surface area (Å²) < 4.78 is 0. The molecule has 1 fully saturated rings. The van der Waals surface area contributed by atoms with Crippen LogP contribution in [0.15, 0.2) is 24.3 Å². The lowest BCUT2D eigenvalue weighted by Crippen LogP contribution is -2.30. The lowest BCUT2D eigenvalue weighted by atomic mass is 9.99. The fraction of sp³-hybridized carbons (Fsp3) is 0.357. The first kappa shape index (κ1) is 14.0. The van der Waals surface area contributed by atoms with E-state index in [1.54, 1.807) is 12.1 Å². The molecule has 2 atom stereocenters. The summed E-state index contributed by atoms with van der Waals surface area (Å²) in [4.78, 5) is 36.0. The Morgan fingerprint density at radius 1 is 1.25 bits per heavy atom. The molecule has 106 valence electrons. The van der Waals surface area contributed by atoms with Gasteiger partial charge in [0.15, 0.2) is 0 Å². The van der Waals surface area contributed by atoms with E-state index in [0.29, 0.717) is 12.1 Å². The number of carboxylic acid groups (broad SMARTS) is 1. The van der Waals surface area contributed by atoms with Crippen LogP contribution in [0.25, 0.3) is 0 Å². The van der Waals surface area contributed by atoms with Gasteiger partial charge in [-0.25, -0.2) is 0 Å². The van der Waals surface area contributed by atoms with Crippen molar-refractivity contribution in [3.63, 3.8) is 0 Å². The van der Waals surface area contributed by atoms with Crippen LogP contribution in [0.5, 0.6) is 0 Å². The quantitative estimate of drug-likeness (QED) is 0.843. The topological polar surface area (TPSA) is 101 Å². The fourth-order valence-electron chi connectivity index (χ4n) is 2.44. The van der Waals surface area contributed by atoms with Crippen molar-refractivity contribution >= 4 is 17.8 Å². The normalized spacial score (nSPS) is 21.8. The number of carboxylic acids is 1. The number of carbonyl (C=O) groups excluding carboxylic acids is 2. The molecule has 1 aliphatic heterocycles. The second-order valence-electron chi connectivity index (χ2n) is 5.08. The lowest BCUT2D eigenvalue weighted by Gasteiger charge is -2.16. The summed E-state index contributed by atoms with van der Waals surface area (Å²) in [5.41, 5.74) is 5.79. The third kappa shape index (κ3) is 2.64. The lowest BCUT2D eigenvalue weighted by molar-refractivity contribution is -0.142. The Labute approximate surface area is 116 Å². The van der Waals surface area contributed by atoms with Crippen molar-refractivity contribution in [2.24, 2.45) is 17.6 Å². The molecular formula is C14H16N2O4. The number of primary amides is 1. The van der Waals surface area contributed by atoms with Gasteiger partial charge in [0.1, 0.15) is 0 Å². The van der Waals surface area contributed by atoms with Gasteiger partial charge in [-0.3, -0.25) is 14.4 Å². The molecular weight excluding hydrogens is 260 g/mol. The first-order chi connectivity index (χ1) is 9.40. The van der Waals surface area contributed by atoms with E-state index in [-0.39, 0.29) is 23.9 Å². The number of likely N-dealkylation sites (tertiary alicyclic amines) is 1. The molecule has 2 amide bonds. The third-order valence-corrected chi connectivity index (χ3v) is 3.61. The number of amides is 2. The molecule has 0 unspecified atom stereocenters. The molecule has 0 spiro atoms. The zero-order chi connectivity index (χ0) is 14.9. The second kappa shape index (κ2) is 5.32. The van der Waals surface area contributed by atoms with Crippen molar-refractivity contribution in [3.05, 3.63) is 35.4 Å². The minimum absolute atomic E-state index is 0.0872. The predicted octanol–water partition coefficient (Wildman–Crippen LogP) is 0.578. The smallest absolute Gasteiger partial charge is 0.308 e. The van der Waals surface area contributed by atoms with Crippen LogP contribution in [0, 0.1) is 11.8 Å². The van der Waals surface area contributed by atoms with Gasteiger partial charge in [0.05, 0.1) is 5.92 Å². The van der Waals surface area contributed by atoms with Gasteiger partial charge in [-0.05, 0) is 24.1 Å². The van der Waals surface area contributed by atoms with Gasteiger partial charge in [-0.2, -0.15) is 0 Å². The number of nitrogens with two attached hydrogens (primary N) is 1. The molecule has 1 saturated heterocycles. The van der Waals surface area contributed by atoms with Gasteiger partial charge >= 0.3 is 5.97 Å². The summed E-state index contributed by atoms with van der Waals surface area (Å²) in [6, 6.07) is 6.14. The molecule has 1 aliphatic rings. The zero-order valence-electron chi connectivity index (χ0n) is 11.1. The molecule has 0 saturated carbocycles. The molecule has 1 aromatic rings. The minimum atomic E-state index is -0.890. The van der Waals surface area contributed by atoms with E-state index in [1.807, 2.05) is 6.92 Å². The summed E-state index contributed by atoms with van der Waals surface area (Å²) in [5.74, 6) is -2.39. The molecule has 2 rings (SSSR count). The number of hydrogen-bond donors (Lipinski definition) is 2. The van der Waals surface area contributed by atoms with E-state index >= 15 is 0 Å². The third-order valence-electron chi connectivity index (χ3n) is 3.61. The molecule has 1 heterocycles. The van der Waals surface area contributed by atoms with E-state index in [4.69, 9.17) is 10.8 Å². The van der Waals surface area contributed by atoms with Crippen molar-refractivity contribution in [2.45, 2.75) is 6.92 Å². The van der Waals surface area contributed by atoms with Crippen LogP contribution in [-0.4, -0.2) is 40.9 Å². The van der Waals surface area contributed by atoms with Gasteiger partial charge in [-0.15, -0.1) is 0 Å². The number of aliphatic carboxylic acids is 1. The first-order valence-electron chi connectivity index (χ1n) is 6.32. The number of nitrogens with zero attached hydrogens (tertiary/aromatic N) is 1. The Kier molecular flexibility index (Phi) is 3.74. The molecule has 6 nitrogen and oxygen atoms in total. The molecule has 0 aromatic heterocycles. The summed E-state index contributed by atoms with van der Waals surface area (Å²) in [6.45, 7) is 2.40. The monoisotopic (exact) mass is 276 g/mol. The SMILES string of the molecule is C[C@@H]1CN(C(=O)c2cccc(C(N)=O)c2)C[C@H]1C(=O)O. The van der Waals surface area contributed by atoms with Crippen LogP contribution in [-0.2, 0) is 4.79 Å². The maximum absolute atomic E-state index is 12.3. The van der Waals surface area contributed by atoms with Gasteiger partial charge in [0, 0.05) is 24.2 Å². The van der Waals surface area contributed by atoms with Gasteiger partial charge < -0.3 is 15.7 Å². The first-order valence-corrected chi connectivity index (χ1v) is 6.32. The minimum Gasteiger partial charge on any atom is -0.481 e.